The maximum absolute atomic E-state index is 10.9. The second-order valence-electron chi connectivity index (χ2n) is 5.30. The van der Waals surface area contributed by atoms with Crippen LogP contribution in [0.1, 0.15) is 41.5 Å². The normalized spacial score (nSPS) is 10.7. The molecule has 2 aromatic rings. The Bertz CT molecular complexity index is 651. The van der Waals surface area contributed by atoms with Crippen LogP contribution in [0.25, 0.3) is 0 Å². The van der Waals surface area contributed by atoms with Crippen molar-refractivity contribution in [2.75, 3.05) is 11.9 Å². The predicted octanol–water partition coefficient (Wildman–Crippen LogP) is 3.37. The molecule has 1 N–H and O–H groups in total. The zero-order valence-corrected chi connectivity index (χ0v) is 12.7. The SMILES string of the molecule is Cc1cc(C(C)C)nc(N(C)c2ccc(C(=O)O)cc2)n1. The number of aryl methyl sites for hydroxylation is 1. The lowest BCUT2D eigenvalue weighted by Crippen LogP contribution is -2.15. The average molecular weight is 285 g/mol. The van der Waals surface area contributed by atoms with Gasteiger partial charge in [0.05, 0.1) is 5.56 Å². The molecule has 0 aliphatic carbocycles. The summed E-state index contributed by atoms with van der Waals surface area (Å²) in [6.45, 7) is 6.12. The number of carbonyl (C=O) groups is 1. The average Bonchev–Trinajstić information content (AvgIpc) is 2.45. The molecule has 110 valence electrons. The van der Waals surface area contributed by atoms with E-state index in [0.29, 0.717) is 11.9 Å². The van der Waals surface area contributed by atoms with Gasteiger partial charge in [0.1, 0.15) is 0 Å². The highest BCUT2D eigenvalue weighted by atomic mass is 16.4. The van der Waals surface area contributed by atoms with E-state index >= 15 is 0 Å². The van der Waals surface area contributed by atoms with Crippen molar-refractivity contribution in [2.45, 2.75) is 26.7 Å². The summed E-state index contributed by atoms with van der Waals surface area (Å²) < 4.78 is 0. The zero-order chi connectivity index (χ0) is 15.6. The first-order valence-corrected chi connectivity index (χ1v) is 6.81. The van der Waals surface area contributed by atoms with E-state index in [1.165, 1.54) is 0 Å². The summed E-state index contributed by atoms with van der Waals surface area (Å²) in [5.74, 6) is 0.00751. The fourth-order valence-corrected chi connectivity index (χ4v) is 1.97. The maximum atomic E-state index is 10.9. The van der Waals surface area contributed by atoms with Gasteiger partial charge in [-0.2, -0.15) is 0 Å². The van der Waals surface area contributed by atoms with E-state index in [1.807, 2.05) is 24.9 Å². The Kier molecular flexibility index (Phi) is 4.21. The summed E-state index contributed by atoms with van der Waals surface area (Å²) in [6.07, 6.45) is 0. The molecule has 0 spiro atoms. The van der Waals surface area contributed by atoms with Crippen LogP contribution in [0.3, 0.4) is 0 Å². The third-order valence-electron chi connectivity index (χ3n) is 3.26. The van der Waals surface area contributed by atoms with Crippen LogP contribution in [0.2, 0.25) is 0 Å². The molecule has 0 aliphatic rings. The van der Waals surface area contributed by atoms with E-state index < -0.39 is 5.97 Å². The fraction of sp³-hybridized carbons (Fsp3) is 0.312. The van der Waals surface area contributed by atoms with Gasteiger partial charge in [0.25, 0.3) is 0 Å². The molecule has 0 fully saturated rings. The molecule has 0 bridgehead atoms. The van der Waals surface area contributed by atoms with Crippen molar-refractivity contribution in [2.24, 2.45) is 0 Å². The van der Waals surface area contributed by atoms with Crippen molar-refractivity contribution in [1.29, 1.82) is 0 Å². The smallest absolute Gasteiger partial charge is 0.335 e. The molecular weight excluding hydrogens is 266 g/mol. The molecule has 21 heavy (non-hydrogen) atoms. The number of aromatic nitrogens is 2. The third kappa shape index (κ3) is 3.37. The summed E-state index contributed by atoms with van der Waals surface area (Å²) in [5.41, 5.74) is 3.02. The lowest BCUT2D eigenvalue weighted by molar-refractivity contribution is 0.0697. The first-order chi connectivity index (χ1) is 9.88. The number of hydrogen-bond acceptors (Lipinski definition) is 4. The van der Waals surface area contributed by atoms with E-state index in [9.17, 15) is 4.79 Å². The molecule has 0 atom stereocenters. The van der Waals surface area contributed by atoms with Crippen LogP contribution in [0.15, 0.2) is 30.3 Å². The first kappa shape index (κ1) is 15.0. The molecule has 0 amide bonds. The first-order valence-electron chi connectivity index (χ1n) is 6.81. The molecule has 5 nitrogen and oxygen atoms in total. The van der Waals surface area contributed by atoms with Crippen molar-refractivity contribution in [3.8, 4) is 0 Å². The van der Waals surface area contributed by atoms with Crippen molar-refractivity contribution in [3.63, 3.8) is 0 Å². The summed E-state index contributed by atoms with van der Waals surface area (Å²) in [5, 5.41) is 8.93. The predicted molar refractivity (Wildman–Crippen MR) is 82.3 cm³/mol. The lowest BCUT2D eigenvalue weighted by atomic mass is 10.1. The summed E-state index contributed by atoms with van der Waals surface area (Å²) >= 11 is 0. The van der Waals surface area contributed by atoms with Crippen LogP contribution in [-0.2, 0) is 0 Å². The molecule has 5 heteroatoms. The molecule has 1 aromatic heterocycles. The van der Waals surface area contributed by atoms with Gasteiger partial charge in [-0.1, -0.05) is 13.8 Å². The van der Waals surface area contributed by atoms with E-state index in [4.69, 9.17) is 5.11 Å². The molecule has 0 radical (unpaired) electrons. The molecule has 0 unspecified atom stereocenters. The van der Waals surface area contributed by atoms with Crippen LogP contribution in [0, 0.1) is 6.92 Å². The largest absolute Gasteiger partial charge is 0.478 e. The molecular formula is C16H19N3O2. The second kappa shape index (κ2) is 5.91. The van der Waals surface area contributed by atoms with Crippen molar-refractivity contribution in [1.82, 2.24) is 9.97 Å². The summed E-state index contributed by atoms with van der Waals surface area (Å²) in [4.78, 5) is 21.7. The standard InChI is InChI=1S/C16H19N3O2/c1-10(2)14-9-11(3)17-16(18-14)19(4)13-7-5-12(6-8-13)15(20)21/h5-10H,1-4H3,(H,20,21). The third-order valence-corrected chi connectivity index (χ3v) is 3.26. The van der Waals surface area contributed by atoms with Gasteiger partial charge in [0.2, 0.25) is 5.95 Å². The zero-order valence-electron chi connectivity index (χ0n) is 12.7. The highest BCUT2D eigenvalue weighted by molar-refractivity contribution is 5.88. The highest BCUT2D eigenvalue weighted by Gasteiger charge is 2.12. The Balaban J connectivity index is 2.35. The Morgan fingerprint density at radius 3 is 2.33 bits per heavy atom. The van der Waals surface area contributed by atoms with Gasteiger partial charge in [-0.3, -0.25) is 0 Å². The number of carboxylic acid groups (broad SMARTS) is 1. The molecule has 1 aromatic carbocycles. The van der Waals surface area contributed by atoms with Gasteiger partial charge in [-0.15, -0.1) is 0 Å². The monoisotopic (exact) mass is 285 g/mol. The van der Waals surface area contributed by atoms with E-state index in [-0.39, 0.29) is 5.56 Å². The van der Waals surface area contributed by atoms with Gasteiger partial charge in [-0.25, -0.2) is 14.8 Å². The minimum atomic E-state index is -0.932. The summed E-state index contributed by atoms with van der Waals surface area (Å²) in [6, 6.07) is 8.64. The Hall–Kier alpha value is -2.43. The van der Waals surface area contributed by atoms with Gasteiger partial charge in [0.15, 0.2) is 0 Å². The molecule has 0 saturated carbocycles. The van der Waals surface area contributed by atoms with Crippen LogP contribution < -0.4 is 4.90 Å². The number of benzene rings is 1. The number of hydrogen-bond donors (Lipinski definition) is 1. The molecule has 0 saturated heterocycles. The number of nitrogens with zero attached hydrogens (tertiary/aromatic N) is 3. The highest BCUT2D eigenvalue weighted by Crippen LogP contribution is 2.23. The summed E-state index contributed by atoms with van der Waals surface area (Å²) in [7, 11) is 1.87. The molecule has 0 aliphatic heterocycles. The van der Waals surface area contributed by atoms with Gasteiger partial charge >= 0.3 is 5.97 Å². The van der Waals surface area contributed by atoms with Crippen LogP contribution in [0.5, 0.6) is 0 Å². The van der Waals surface area contributed by atoms with Crippen molar-refractivity contribution in [3.05, 3.63) is 47.3 Å². The number of carboxylic acids is 1. The van der Waals surface area contributed by atoms with E-state index in [0.717, 1.165) is 17.1 Å². The molecule has 1 heterocycles. The maximum Gasteiger partial charge on any atom is 0.335 e. The van der Waals surface area contributed by atoms with Crippen LogP contribution in [0.4, 0.5) is 11.6 Å². The Morgan fingerprint density at radius 2 is 1.81 bits per heavy atom. The van der Waals surface area contributed by atoms with Crippen LogP contribution >= 0.6 is 0 Å². The number of aromatic carboxylic acids is 1. The lowest BCUT2D eigenvalue weighted by Gasteiger charge is -2.19. The fourth-order valence-electron chi connectivity index (χ4n) is 1.97. The van der Waals surface area contributed by atoms with Gasteiger partial charge < -0.3 is 10.0 Å². The minimum absolute atomic E-state index is 0.264. The number of anilines is 2. The second-order valence-corrected chi connectivity index (χ2v) is 5.30. The Morgan fingerprint density at radius 1 is 1.19 bits per heavy atom. The number of rotatable bonds is 4. The van der Waals surface area contributed by atoms with E-state index in [2.05, 4.69) is 23.8 Å². The molecule has 2 rings (SSSR count). The van der Waals surface area contributed by atoms with E-state index in [1.54, 1.807) is 24.3 Å². The topological polar surface area (TPSA) is 66.3 Å². The van der Waals surface area contributed by atoms with Gasteiger partial charge in [-0.05, 0) is 43.2 Å². The minimum Gasteiger partial charge on any atom is -0.478 e. The van der Waals surface area contributed by atoms with Crippen molar-refractivity contribution >= 4 is 17.6 Å². The van der Waals surface area contributed by atoms with Crippen molar-refractivity contribution < 1.29 is 9.90 Å². The van der Waals surface area contributed by atoms with Crippen LogP contribution in [-0.4, -0.2) is 28.1 Å². The quantitative estimate of drug-likeness (QED) is 0.932. The van der Waals surface area contributed by atoms with Gasteiger partial charge in [0, 0.05) is 24.1 Å². The Labute approximate surface area is 124 Å².